The minimum Gasteiger partial charge on any atom is -0.466 e. The average molecular weight is 486 g/mol. The number of ether oxygens (including phenoxy) is 1. The molecule has 0 spiro atoms. The van der Waals surface area contributed by atoms with E-state index in [-0.39, 0.29) is 34.6 Å². The molecule has 1 aliphatic rings. The summed E-state index contributed by atoms with van der Waals surface area (Å²) in [5.74, 6) is -0.168. The molecule has 10 heteroatoms. The number of benzene rings is 2. The van der Waals surface area contributed by atoms with Crippen LogP contribution in [0.5, 0.6) is 0 Å². The normalized spacial score (nSPS) is 16.4. The van der Waals surface area contributed by atoms with Gasteiger partial charge in [-0.05, 0) is 55.4 Å². The number of sulfonamides is 1. The number of carbonyl (C=O) groups excluding carboxylic acids is 1. The van der Waals surface area contributed by atoms with E-state index in [9.17, 15) is 22.8 Å². The maximum absolute atomic E-state index is 13.3. The lowest BCUT2D eigenvalue weighted by Gasteiger charge is -2.35. The van der Waals surface area contributed by atoms with Crippen LogP contribution in [0.3, 0.4) is 0 Å². The number of hydrogen-bond acceptors (Lipinski definition) is 6. The van der Waals surface area contributed by atoms with Gasteiger partial charge in [-0.1, -0.05) is 30.3 Å². The van der Waals surface area contributed by atoms with E-state index in [0.717, 1.165) is 5.56 Å². The predicted molar refractivity (Wildman–Crippen MR) is 127 cm³/mol. The van der Waals surface area contributed by atoms with E-state index in [4.69, 9.17) is 4.74 Å². The van der Waals surface area contributed by atoms with Gasteiger partial charge in [-0.3, -0.25) is 14.4 Å². The van der Waals surface area contributed by atoms with Gasteiger partial charge in [0.05, 0.1) is 29.0 Å². The standard InChI is InChI=1S/C24H27N3O6S/c1-2-33-22(28)15-19(16-6-4-3-5-7-16)17-10-12-27(13-11-17)34(31,32)18-8-9-20-21(14-18)26-24(30)23(29)25-20/h3-9,14,17,19H,2,10-13,15H2,1H3,(H,25,29)(H,26,30). The fourth-order valence-electron chi connectivity index (χ4n) is 4.58. The first-order valence-electron chi connectivity index (χ1n) is 11.3. The summed E-state index contributed by atoms with van der Waals surface area (Å²) in [6.07, 6.45) is 1.47. The summed E-state index contributed by atoms with van der Waals surface area (Å²) in [5.41, 5.74) is 0.0211. The zero-order chi connectivity index (χ0) is 24.3. The Morgan fingerprint density at radius 1 is 1.03 bits per heavy atom. The molecule has 1 aliphatic heterocycles. The van der Waals surface area contributed by atoms with Crippen LogP contribution >= 0.6 is 0 Å². The number of piperidine rings is 1. The number of carbonyl (C=O) groups is 1. The van der Waals surface area contributed by atoms with E-state index in [1.165, 1.54) is 22.5 Å². The number of esters is 1. The van der Waals surface area contributed by atoms with Gasteiger partial charge in [-0.15, -0.1) is 0 Å². The second kappa shape index (κ2) is 9.94. The Hall–Kier alpha value is -3.24. The number of hydrogen-bond donors (Lipinski definition) is 2. The number of nitrogens with one attached hydrogen (secondary N) is 2. The van der Waals surface area contributed by atoms with Crippen molar-refractivity contribution in [2.75, 3.05) is 19.7 Å². The highest BCUT2D eigenvalue weighted by Crippen LogP contribution is 2.37. The molecule has 34 heavy (non-hydrogen) atoms. The number of rotatable bonds is 7. The Balaban J connectivity index is 1.53. The number of H-pyrrole nitrogens is 2. The van der Waals surface area contributed by atoms with Crippen molar-refractivity contribution in [1.29, 1.82) is 0 Å². The summed E-state index contributed by atoms with van der Waals surface area (Å²) in [7, 11) is -3.79. The molecular weight excluding hydrogens is 458 g/mol. The Morgan fingerprint density at radius 3 is 2.32 bits per heavy atom. The first kappa shape index (κ1) is 23.9. The molecule has 4 rings (SSSR count). The molecule has 0 radical (unpaired) electrons. The van der Waals surface area contributed by atoms with Gasteiger partial charge in [0.15, 0.2) is 0 Å². The monoisotopic (exact) mass is 485 g/mol. The van der Waals surface area contributed by atoms with Crippen LogP contribution in [-0.4, -0.2) is 48.4 Å². The van der Waals surface area contributed by atoms with Crippen LogP contribution in [0.25, 0.3) is 11.0 Å². The molecule has 180 valence electrons. The third-order valence-corrected chi connectivity index (χ3v) is 8.21. The quantitative estimate of drug-likeness (QED) is 0.390. The van der Waals surface area contributed by atoms with Crippen LogP contribution < -0.4 is 11.1 Å². The molecule has 2 N–H and O–H groups in total. The fraction of sp³-hybridized carbons (Fsp3) is 0.375. The van der Waals surface area contributed by atoms with Gasteiger partial charge >= 0.3 is 17.1 Å². The molecular formula is C24H27N3O6S. The van der Waals surface area contributed by atoms with Gasteiger partial charge in [0, 0.05) is 13.1 Å². The summed E-state index contributed by atoms with van der Waals surface area (Å²) >= 11 is 0. The number of fused-ring (bicyclic) bond motifs is 1. The van der Waals surface area contributed by atoms with Crippen LogP contribution in [-0.2, 0) is 19.6 Å². The molecule has 1 fully saturated rings. The smallest absolute Gasteiger partial charge is 0.314 e. The van der Waals surface area contributed by atoms with E-state index < -0.39 is 21.1 Å². The highest BCUT2D eigenvalue weighted by molar-refractivity contribution is 7.89. The molecule has 0 saturated carbocycles. The van der Waals surface area contributed by atoms with Crippen LogP contribution in [0, 0.1) is 5.92 Å². The number of nitrogens with zero attached hydrogens (tertiary/aromatic N) is 1. The van der Waals surface area contributed by atoms with Crippen molar-refractivity contribution < 1.29 is 17.9 Å². The molecule has 9 nitrogen and oxygen atoms in total. The van der Waals surface area contributed by atoms with E-state index in [2.05, 4.69) is 9.97 Å². The van der Waals surface area contributed by atoms with Crippen molar-refractivity contribution in [3.8, 4) is 0 Å². The van der Waals surface area contributed by atoms with E-state index in [1.807, 2.05) is 30.3 Å². The summed E-state index contributed by atoms with van der Waals surface area (Å²) < 4.78 is 33.2. The maximum Gasteiger partial charge on any atom is 0.314 e. The second-order valence-corrected chi connectivity index (χ2v) is 10.3. The number of aromatic amines is 2. The SMILES string of the molecule is CCOC(=O)CC(c1ccccc1)C1CCN(S(=O)(=O)c2ccc3[nH]c(=O)c(=O)[nH]c3c2)CC1. The molecule has 2 heterocycles. The van der Waals surface area contributed by atoms with E-state index in [0.29, 0.717) is 38.1 Å². The molecule has 0 amide bonds. The van der Waals surface area contributed by atoms with Crippen LogP contribution in [0.2, 0.25) is 0 Å². The lowest BCUT2D eigenvalue weighted by Crippen LogP contribution is -2.40. The topological polar surface area (TPSA) is 129 Å². The zero-order valence-corrected chi connectivity index (χ0v) is 19.6. The van der Waals surface area contributed by atoms with Gasteiger partial charge in [-0.2, -0.15) is 4.31 Å². The first-order chi connectivity index (χ1) is 16.3. The Bertz CT molecular complexity index is 1390. The minimum absolute atomic E-state index is 0.0484. The van der Waals surface area contributed by atoms with Crippen LogP contribution in [0.1, 0.15) is 37.7 Å². The Kier molecular flexibility index (Phi) is 6.99. The average Bonchev–Trinajstić information content (AvgIpc) is 2.84. The van der Waals surface area contributed by atoms with Crippen molar-refractivity contribution >= 4 is 27.0 Å². The van der Waals surface area contributed by atoms with Crippen molar-refractivity contribution in [2.24, 2.45) is 5.92 Å². The summed E-state index contributed by atoms with van der Waals surface area (Å²) in [5, 5.41) is 0. The molecule has 1 atom stereocenters. The van der Waals surface area contributed by atoms with Gasteiger partial charge in [0.1, 0.15) is 0 Å². The van der Waals surface area contributed by atoms with Crippen molar-refractivity contribution in [3.05, 3.63) is 74.8 Å². The molecule has 1 saturated heterocycles. The Labute approximate surface area is 196 Å². The third-order valence-electron chi connectivity index (χ3n) is 6.32. The fourth-order valence-corrected chi connectivity index (χ4v) is 6.07. The minimum atomic E-state index is -3.79. The lowest BCUT2D eigenvalue weighted by molar-refractivity contribution is -0.144. The molecule has 2 aromatic carbocycles. The molecule has 1 aromatic heterocycles. The van der Waals surface area contributed by atoms with Crippen molar-refractivity contribution in [1.82, 2.24) is 14.3 Å². The van der Waals surface area contributed by atoms with Crippen LogP contribution in [0.15, 0.2) is 63.0 Å². The summed E-state index contributed by atoms with van der Waals surface area (Å²) in [6.45, 7) is 2.74. The molecule has 3 aromatic rings. The highest BCUT2D eigenvalue weighted by atomic mass is 32.2. The third kappa shape index (κ3) is 4.97. The number of aromatic nitrogens is 2. The first-order valence-corrected chi connectivity index (χ1v) is 12.7. The maximum atomic E-state index is 13.3. The summed E-state index contributed by atoms with van der Waals surface area (Å²) in [6, 6.07) is 14.0. The van der Waals surface area contributed by atoms with E-state index in [1.54, 1.807) is 6.92 Å². The van der Waals surface area contributed by atoms with Crippen LogP contribution in [0.4, 0.5) is 0 Å². The summed E-state index contributed by atoms with van der Waals surface area (Å²) in [4.78, 5) is 40.3. The Morgan fingerprint density at radius 2 is 1.68 bits per heavy atom. The van der Waals surface area contributed by atoms with Crippen molar-refractivity contribution in [2.45, 2.75) is 37.0 Å². The molecule has 0 bridgehead atoms. The zero-order valence-electron chi connectivity index (χ0n) is 18.8. The van der Waals surface area contributed by atoms with E-state index >= 15 is 0 Å². The van der Waals surface area contributed by atoms with Gasteiger partial charge in [0.25, 0.3) is 0 Å². The van der Waals surface area contributed by atoms with Crippen molar-refractivity contribution in [3.63, 3.8) is 0 Å². The van der Waals surface area contributed by atoms with Gasteiger partial charge < -0.3 is 14.7 Å². The van der Waals surface area contributed by atoms with Gasteiger partial charge in [-0.25, -0.2) is 8.42 Å². The highest BCUT2D eigenvalue weighted by Gasteiger charge is 2.34. The second-order valence-electron chi connectivity index (χ2n) is 8.38. The molecule has 0 aliphatic carbocycles. The lowest BCUT2D eigenvalue weighted by atomic mass is 9.78. The largest absolute Gasteiger partial charge is 0.466 e. The van der Waals surface area contributed by atoms with Gasteiger partial charge in [0.2, 0.25) is 10.0 Å². The predicted octanol–water partition coefficient (Wildman–Crippen LogP) is 2.35. The molecule has 1 unspecified atom stereocenters.